The Morgan fingerprint density at radius 1 is 1.07 bits per heavy atom. The number of anilines is 2. The highest BCUT2D eigenvalue weighted by molar-refractivity contribution is 5.99. The summed E-state index contributed by atoms with van der Waals surface area (Å²) in [6, 6.07) is 11.0. The third-order valence-electron chi connectivity index (χ3n) is 5.65. The number of carbonyl (C=O) groups excluding carboxylic acids is 1. The van der Waals surface area contributed by atoms with Crippen LogP contribution in [0.5, 0.6) is 5.75 Å². The molecule has 3 rings (SSSR count). The van der Waals surface area contributed by atoms with Crippen LogP contribution in [0.25, 0.3) is 0 Å². The van der Waals surface area contributed by atoms with Crippen molar-refractivity contribution in [2.45, 2.75) is 58.0 Å². The molecule has 2 N–H and O–H groups in total. The van der Waals surface area contributed by atoms with E-state index >= 15 is 0 Å². The SMILES string of the molecule is CCC1(CC)CC(C)(C)Oc2ccc(NC(=O)Nc3ccc([N+](=O)[O-])cc3)cc21. The number of hydrogen-bond acceptors (Lipinski definition) is 4. The Kier molecular flexibility index (Phi) is 5.50. The first-order chi connectivity index (χ1) is 13.7. The topological polar surface area (TPSA) is 93.5 Å². The van der Waals surface area contributed by atoms with E-state index in [-0.39, 0.29) is 16.7 Å². The summed E-state index contributed by atoms with van der Waals surface area (Å²) in [5.41, 5.74) is 2.02. The summed E-state index contributed by atoms with van der Waals surface area (Å²) in [5.74, 6) is 0.867. The van der Waals surface area contributed by atoms with Gasteiger partial charge in [-0.25, -0.2) is 4.79 Å². The highest BCUT2D eigenvalue weighted by Gasteiger charge is 2.43. The number of fused-ring (bicyclic) bond motifs is 1. The van der Waals surface area contributed by atoms with Crippen molar-refractivity contribution in [2.75, 3.05) is 10.6 Å². The Labute approximate surface area is 170 Å². The molecule has 1 heterocycles. The Morgan fingerprint density at radius 2 is 1.66 bits per heavy atom. The van der Waals surface area contributed by atoms with E-state index < -0.39 is 11.0 Å². The maximum absolute atomic E-state index is 12.4. The molecule has 7 heteroatoms. The van der Waals surface area contributed by atoms with Crippen LogP contribution in [0.1, 0.15) is 52.5 Å². The van der Waals surface area contributed by atoms with Gasteiger partial charge in [0.05, 0.1) is 4.92 Å². The van der Waals surface area contributed by atoms with Gasteiger partial charge in [-0.1, -0.05) is 13.8 Å². The van der Waals surface area contributed by atoms with Crippen molar-refractivity contribution in [2.24, 2.45) is 0 Å². The fourth-order valence-electron chi connectivity index (χ4n) is 4.20. The van der Waals surface area contributed by atoms with Crippen molar-refractivity contribution in [3.8, 4) is 5.75 Å². The minimum Gasteiger partial charge on any atom is -0.488 e. The average molecular weight is 397 g/mol. The van der Waals surface area contributed by atoms with Gasteiger partial charge in [-0.05, 0) is 63.4 Å². The highest BCUT2D eigenvalue weighted by atomic mass is 16.6. The molecule has 0 aliphatic carbocycles. The number of amides is 2. The van der Waals surface area contributed by atoms with Crippen molar-refractivity contribution in [1.82, 2.24) is 0 Å². The summed E-state index contributed by atoms with van der Waals surface area (Å²) >= 11 is 0. The van der Waals surface area contributed by atoms with Crippen LogP contribution in [-0.4, -0.2) is 16.6 Å². The van der Waals surface area contributed by atoms with Crippen LogP contribution in [0.3, 0.4) is 0 Å². The van der Waals surface area contributed by atoms with Crippen molar-refractivity contribution in [3.05, 3.63) is 58.1 Å². The van der Waals surface area contributed by atoms with E-state index in [0.717, 1.165) is 30.6 Å². The Bertz CT molecular complexity index is 918. The third kappa shape index (κ3) is 4.34. The molecule has 0 atom stereocenters. The van der Waals surface area contributed by atoms with E-state index in [0.29, 0.717) is 11.4 Å². The Morgan fingerprint density at radius 3 is 2.24 bits per heavy atom. The maximum atomic E-state index is 12.4. The molecule has 0 fully saturated rings. The molecular formula is C22H27N3O4. The second-order valence-corrected chi connectivity index (χ2v) is 8.12. The first-order valence-corrected chi connectivity index (χ1v) is 9.84. The van der Waals surface area contributed by atoms with Gasteiger partial charge in [0.25, 0.3) is 5.69 Å². The lowest BCUT2D eigenvalue weighted by molar-refractivity contribution is -0.384. The summed E-state index contributed by atoms with van der Waals surface area (Å²) in [7, 11) is 0. The van der Waals surface area contributed by atoms with Gasteiger partial charge in [0.2, 0.25) is 0 Å². The number of benzene rings is 2. The van der Waals surface area contributed by atoms with Crippen LogP contribution >= 0.6 is 0 Å². The van der Waals surface area contributed by atoms with E-state index in [4.69, 9.17) is 4.74 Å². The van der Waals surface area contributed by atoms with Gasteiger partial charge in [-0.3, -0.25) is 10.1 Å². The molecule has 0 saturated heterocycles. The second kappa shape index (κ2) is 7.73. The third-order valence-corrected chi connectivity index (χ3v) is 5.65. The van der Waals surface area contributed by atoms with Crippen LogP contribution in [0.4, 0.5) is 21.9 Å². The van der Waals surface area contributed by atoms with Crippen molar-refractivity contribution >= 4 is 23.1 Å². The normalized spacial score (nSPS) is 16.3. The van der Waals surface area contributed by atoms with Gasteiger partial charge in [0.15, 0.2) is 0 Å². The van der Waals surface area contributed by atoms with Gasteiger partial charge < -0.3 is 15.4 Å². The van der Waals surface area contributed by atoms with Gasteiger partial charge in [0.1, 0.15) is 11.4 Å². The number of nitrogens with one attached hydrogen (secondary N) is 2. The molecule has 0 unspecified atom stereocenters. The maximum Gasteiger partial charge on any atom is 0.323 e. The van der Waals surface area contributed by atoms with Gasteiger partial charge >= 0.3 is 6.03 Å². The van der Waals surface area contributed by atoms with E-state index in [1.54, 1.807) is 0 Å². The molecule has 0 spiro atoms. The van der Waals surface area contributed by atoms with Crippen LogP contribution < -0.4 is 15.4 Å². The van der Waals surface area contributed by atoms with Crippen molar-refractivity contribution in [3.63, 3.8) is 0 Å². The number of nitrogens with zero attached hydrogens (tertiary/aromatic N) is 1. The van der Waals surface area contributed by atoms with Gasteiger partial charge in [-0.2, -0.15) is 0 Å². The molecule has 0 saturated carbocycles. The lowest BCUT2D eigenvalue weighted by Crippen LogP contribution is -2.43. The molecule has 2 aromatic carbocycles. The molecule has 1 aliphatic heterocycles. The van der Waals surface area contributed by atoms with Crippen molar-refractivity contribution in [1.29, 1.82) is 0 Å². The molecule has 154 valence electrons. The van der Waals surface area contributed by atoms with Crippen LogP contribution in [0.15, 0.2) is 42.5 Å². The van der Waals surface area contributed by atoms with E-state index in [1.807, 2.05) is 18.2 Å². The van der Waals surface area contributed by atoms with E-state index in [9.17, 15) is 14.9 Å². The minimum atomic E-state index is -0.478. The van der Waals surface area contributed by atoms with E-state index in [2.05, 4.69) is 38.3 Å². The molecule has 1 aliphatic rings. The van der Waals surface area contributed by atoms with Crippen LogP contribution in [0, 0.1) is 10.1 Å². The molecular weight excluding hydrogens is 370 g/mol. The van der Waals surface area contributed by atoms with Crippen LogP contribution in [0.2, 0.25) is 0 Å². The molecule has 7 nitrogen and oxygen atoms in total. The number of nitro benzene ring substituents is 1. The van der Waals surface area contributed by atoms with Gasteiger partial charge in [0, 0.05) is 34.5 Å². The van der Waals surface area contributed by atoms with E-state index in [1.165, 1.54) is 24.3 Å². The number of rotatable bonds is 5. The fourth-order valence-corrected chi connectivity index (χ4v) is 4.20. The number of carbonyl (C=O) groups is 1. The lowest BCUT2D eigenvalue weighted by atomic mass is 9.67. The molecule has 29 heavy (non-hydrogen) atoms. The molecule has 2 amide bonds. The van der Waals surface area contributed by atoms with Crippen LogP contribution in [-0.2, 0) is 5.41 Å². The summed E-state index contributed by atoms with van der Waals surface area (Å²) in [4.78, 5) is 22.6. The fraction of sp³-hybridized carbons (Fsp3) is 0.409. The Hall–Kier alpha value is -3.09. The zero-order valence-electron chi connectivity index (χ0n) is 17.2. The number of nitro groups is 1. The van der Waals surface area contributed by atoms with Crippen molar-refractivity contribution < 1.29 is 14.5 Å². The lowest BCUT2D eigenvalue weighted by Gasteiger charge is -2.45. The molecule has 0 radical (unpaired) electrons. The number of non-ortho nitro benzene ring substituents is 1. The Balaban J connectivity index is 1.79. The number of ether oxygens (including phenoxy) is 1. The zero-order chi connectivity index (χ0) is 21.2. The minimum absolute atomic E-state index is 0.00359. The predicted octanol–water partition coefficient (Wildman–Crippen LogP) is 5.86. The second-order valence-electron chi connectivity index (χ2n) is 8.12. The zero-order valence-corrected chi connectivity index (χ0v) is 17.2. The number of urea groups is 1. The summed E-state index contributed by atoms with van der Waals surface area (Å²) in [6.45, 7) is 8.60. The van der Waals surface area contributed by atoms with Gasteiger partial charge in [-0.15, -0.1) is 0 Å². The smallest absolute Gasteiger partial charge is 0.323 e. The number of hydrogen-bond donors (Lipinski definition) is 2. The quantitative estimate of drug-likeness (QED) is 0.488. The molecule has 0 aromatic heterocycles. The first kappa shape index (κ1) is 20.6. The standard InChI is InChI=1S/C22H27N3O4/c1-5-22(6-2)14-21(3,4)29-19-12-9-16(13-18(19)22)24-20(26)23-15-7-10-17(11-8-15)25(27)28/h7-13H,5-6,14H2,1-4H3,(H2,23,24,26). The predicted molar refractivity (Wildman–Crippen MR) is 114 cm³/mol. The summed E-state index contributed by atoms with van der Waals surface area (Å²) in [6.07, 6.45) is 2.89. The highest BCUT2D eigenvalue weighted by Crippen LogP contribution is 2.49. The molecule has 0 bridgehead atoms. The summed E-state index contributed by atoms with van der Waals surface area (Å²) in [5, 5.41) is 16.3. The first-order valence-electron chi connectivity index (χ1n) is 9.84. The average Bonchev–Trinajstić information content (AvgIpc) is 2.67. The monoisotopic (exact) mass is 397 g/mol. The summed E-state index contributed by atoms with van der Waals surface area (Å²) < 4.78 is 6.18. The largest absolute Gasteiger partial charge is 0.488 e. The molecule has 2 aromatic rings.